The first-order valence-corrected chi connectivity index (χ1v) is 38.9. The fraction of sp³-hybridized carbons (Fsp3) is 0.456. The minimum Gasteiger partial charge on any atom is -0.496 e. The molecule has 5 aromatic rings. The van der Waals surface area contributed by atoms with Gasteiger partial charge in [0.2, 0.25) is 29.5 Å². The number of anilines is 2. The first-order chi connectivity index (χ1) is 50.6. The van der Waals surface area contributed by atoms with Gasteiger partial charge in [-0.15, -0.1) is 0 Å². The minimum absolute atomic E-state index is 0.0412. The Hall–Kier alpha value is -9.61. The normalized spacial score (nSPS) is 21.4. The van der Waals surface area contributed by atoms with E-state index in [9.17, 15) is 60.0 Å². The van der Waals surface area contributed by atoms with Crippen LogP contribution >= 0.6 is 0 Å². The summed E-state index contributed by atoms with van der Waals surface area (Å²) < 4.78 is 90.4. The molecular weight excluding hydrogens is 1420 g/mol. The van der Waals surface area contributed by atoms with Crippen LogP contribution in [0.5, 0.6) is 5.75 Å². The number of alkyl carbamates (subject to hydrolysis) is 1. The molecular formula is C79H99N7O19S2. The average Bonchev–Trinajstić information content (AvgIpc) is 1.58. The third-order valence-corrected chi connectivity index (χ3v) is 23.1. The fourth-order valence-electron chi connectivity index (χ4n) is 12.9. The van der Waals surface area contributed by atoms with Crippen LogP contribution in [0.15, 0.2) is 143 Å². The number of allylic oxidation sites excluding steroid dienone is 3. The second-order valence-corrected chi connectivity index (χ2v) is 32.5. The Kier molecular flexibility index (Phi) is 28.2. The summed E-state index contributed by atoms with van der Waals surface area (Å²) in [5, 5.41) is 16.4. The van der Waals surface area contributed by atoms with Crippen molar-refractivity contribution in [3.8, 4) is 16.9 Å². The van der Waals surface area contributed by atoms with Gasteiger partial charge in [0.25, 0.3) is 5.91 Å². The van der Waals surface area contributed by atoms with Gasteiger partial charge in [0.1, 0.15) is 41.7 Å². The van der Waals surface area contributed by atoms with Crippen molar-refractivity contribution < 1.29 is 88.4 Å². The molecule has 0 aromatic heterocycles. The number of carbonyl (C=O) groups is 9. The van der Waals surface area contributed by atoms with Crippen LogP contribution in [-0.2, 0) is 78.5 Å². The standard InChI is InChI=1S/C79H99N7O19S2/c1-45(2)70(85-67(87)35-34-60(75(92)80-36-37-100-12)83-74(91)55-24-22-54(23-25-55)71(89)56(43-106(96,97)58-30-18-47(5)19-31-58)44-107(98,99)59-32-20-48(6)21-33-59)76(93)81-51(9)73(90)82-57-28-26-53(27-29-57)69-62-39-52(40-65(69)102-14)38-49(7)16-15-17-63(101-13)61-41-64(103-78(95)84-61)50(8)72-79(10,105-72)66(42-68(88)86(62)11)104-77(94)46(3)4/h15-33,39-40,45-46,50-51,56,60-61,63-64,66,70,72H,34-38,41-44H2,1-14H3,(H,80,92)(H,81,93)(H,82,90)(H,83,91)(H,84,95)(H,85,87)/b17-15+,49-16+/t50-,51+,60+,61-,63-,64+,66+,70+,72+,79+/m1/s1. The van der Waals surface area contributed by atoms with E-state index in [0.717, 1.165) is 22.3 Å². The van der Waals surface area contributed by atoms with Gasteiger partial charge in [-0.05, 0) is 125 Å². The van der Waals surface area contributed by atoms with Crippen molar-refractivity contribution in [3.05, 3.63) is 161 Å². The van der Waals surface area contributed by atoms with Gasteiger partial charge >= 0.3 is 12.1 Å². The second kappa shape index (κ2) is 36.3. The van der Waals surface area contributed by atoms with Crippen LogP contribution in [0.2, 0.25) is 0 Å². The fourth-order valence-corrected chi connectivity index (χ4v) is 16.1. The summed E-state index contributed by atoms with van der Waals surface area (Å²) in [4.78, 5) is 126. The lowest BCUT2D eigenvalue weighted by atomic mass is 9.84. The third kappa shape index (κ3) is 21.6. The zero-order chi connectivity index (χ0) is 78.4. The molecule has 2 saturated heterocycles. The Morgan fingerprint density at radius 3 is 1.93 bits per heavy atom. The molecule has 0 saturated carbocycles. The van der Waals surface area contributed by atoms with Crippen molar-refractivity contribution in [2.75, 3.05) is 63.3 Å². The Balaban J connectivity index is 0.937. The number of amides is 7. The topological polar surface area (TPSA) is 356 Å². The van der Waals surface area contributed by atoms with E-state index < -0.39 is 156 Å². The lowest BCUT2D eigenvalue weighted by Crippen LogP contribution is -2.54. The molecule has 7 amide bonds. The summed E-state index contributed by atoms with van der Waals surface area (Å²) in [6, 6.07) is 23.4. The number of methoxy groups -OCH3 is 3. The number of Topliss-reactive ketones (excluding diaryl/α,β-unsaturated/α-hetero) is 1. The molecule has 28 heteroatoms. The van der Waals surface area contributed by atoms with Gasteiger partial charge in [-0.25, -0.2) is 21.6 Å². The second-order valence-electron chi connectivity index (χ2n) is 28.5. The van der Waals surface area contributed by atoms with E-state index in [4.69, 9.17) is 28.4 Å². The summed E-state index contributed by atoms with van der Waals surface area (Å²) in [5.74, 6) is -9.44. The number of epoxide rings is 1. The number of hydrogen-bond donors (Lipinski definition) is 6. The van der Waals surface area contributed by atoms with Gasteiger partial charge < -0.3 is 65.2 Å². The SMILES string of the molecule is COCCNC(=O)[C@H](CCC(=O)N[C@H](C(=O)N[C@@H](C)C(=O)Nc1ccc(-c2c(OC)cc3cc2N(C)C(=O)C[C@H](OC(=O)C(C)C)[C@]2(C)O[C@H]2[C@H](C)[C@@H]2C[C@@H](NC(=O)O2)[C@H](OC)/C=C/C=C(\C)C3)cc1)C(C)C)NC(=O)c1ccc(C(=O)C(CS(=O)(=O)c2ccc(C)cc2)CS(=O)(=O)c2ccc(C)cc2)cc1. The maximum absolute atomic E-state index is 14.9. The molecule has 107 heavy (non-hydrogen) atoms. The largest absolute Gasteiger partial charge is 0.496 e. The van der Waals surface area contributed by atoms with E-state index in [1.54, 1.807) is 111 Å². The Morgan fingerprint density at radius 2 is 1.36 bits per heavy atom. The van der Waals surface area contributed by atoms with Crippen molar-refractivity contribution in [2.24, 2.45) is 23.7 Å². The van der Waals surface area contributed by atoms with Crippen LogP contribution in [0.4, 0.5) is 16.2 Å². The third-order valence-electron chi connectivity index (χ3n) is 19.4. The predicted octanol–water partition coefficient (Wildman–Crippen LogP) is 8.31. The molecule has 0 radical (unpaired) electrons. The summed E-state index contributed by atoms with van der Waals surface area (Å²) in [7, 11) is -2.27. The molecule has 26 nitrogen and oxygen atoms in total. The molecule has 0 unspecified atom stereocenters. The first kappa shape index (κ1) is 83.0. The summed E-state index contributed by atoms with van der Waals surface area (Å²) >= 11 is 0. The Morgan fingerprint density at radius 1 is 0.748 bits per heavy atom. The zero-order valence-electron chi connectivity index (χ0n) is 62.9. The molecule has 576 valence electrons. The van der Waals surface area contributed by atoms with Gasteiger partial charge in [0.05, 0.1) is 77.2 Å². The van der Waals surface area contributed by atoms with Crippen LogP contribution < -0.4 is 41.5 Å². The highest BCUT2D eigenvalue weighted by atomic mass is 32.2. The number of hydrogen-bond acceptors (Lipinski definition) is 19. The molecule has 6 N–H and O–H groups in total. The lowest BCUT2D eigenvalue weighted by Gasteiger charge is -2.36. The van der Waals surface area contributed by atoms with Crippen molar-refractivity contribution >= 4 is 84.3 Å². The molecule has 0 aliphatic carbocycles. The van der Waals surface area contributed by atoms with Crippen molar-refractivity contribution in [3.63, 3.8) is 0 Å². The van der Waals surface area contributed by atoms with Gasteiger partial charge in [0, 0.05) is 68.9 Å². The smallest absolute Gasteiger partial charge is 0.407 e. The van der Waals surface area contributed by atoms with Crippen LogP contribution in [0.3, 0.4) is 0 Å². The average molecular weight is 1510 g/mol. The highest BCUT2D eigenvalue weighted by Gasteiger charge is 2.64. The molecule has 5 aromatic carbocycles. The number of nitrogens with zero attached hydrogens (tertiary/aromatic N) is 1. The van der Waals surface area contributed by atoms with Crippen molar-refractivity contribution in [2.45, 2.75) is 165 Å². The van der Waals surface area contributed by atoms with E-state index in [-0.39, 0.29) is 59.2 Å². The molecule has 3 aliphatic heterocycles. The number of fused-ring (bicyclic) bond motifs is 5. The summed E-state index contributed by atoms with van der Waals surface area (Å²) in [5.41, 5.74) is 3.95. The quantitative estimate of drug-likeness (QED) is 0.0119. The van der Waals surface area contributed by atoms with E-state index >= 15 is 0 Å². The van der Waals surface area contributed by atoms with Gasteiger partial charge in [-0.3, -0.25) is 38.4 Å². The number of benzene rings is 5. The number of carbonyl (C=O) groups excluding carboxylic acids is 9. The number of sulfone groups is 2. The first-order valence-electron chi connectivity index (χ1n) is 35.6. The maximum Gasteiger partial charge on any atom is 0.407 e. The van der Waals surface area contributed by atoms with Crippen LogP contribution in [0.25, 0.3) is 11.1 Å². The van der Waals surface area contributed by atoms with Crippen molar-refractivity contribution in [1.82, 2.24) is 26.6 Å². The molecule has 10 atom stereocenters. The van der Waals surface area contributed by atoms with Gasteiger partial charge in [-0.1, -0.05) is 118 Å². The Labute approximate surface area is 626 Å². The number of aryl methyl sites for hydroxylation is 2. The highest BCUT2D eigenvalue weighted by Crippen LogP contribution is 2.49. The van der Waals surface area contributed by atoms with Gasteiger partial charge in [0.15, 0.2) is 25.5 Å². The highest BCUT2D eigenvalue weighted by molar-refractivity contribution is 7.92. The number of nitrogens with one attached hydrogen (secondary N) is 6. The molecule has 0 spiro atoms. The zero-order valence-corrected chi connectivity index (χ0v) is 64.6. The number of esters is 1. The molecule has 3 heterocycles. The molecule has 8 rings (SSSR count). The lowest BCUT2D eigenvalue weighted by molar-refractivity contribution is -0.157. The van der Waals surface area contributed by atoms with Crippen LogP contribution in [0.1, 0.15) is 118 Å². The maximum atomic E-state index is 14.9. The molecule has 3 aliphatic rings. The molecule has 2 fully saturated rings. The Bertz CT molecular complexity index is 4300. The van der Waals surface area contributed by atoms with E-state index in [1.807, 2.05) is 44.2 Å². The van der Waals surface area contributed by atoms with Crippen LogP contribution in [-0.4, -0.2) is 177 Å². The van der Waals surface area contributed by atoms with E-state index in [1.165, 1.54) is 74.6 Å². The predicted molar refractivity (Wildman–Crippen MR) is 402 cm³/mol. The number of rotatable bonds is 28. The number of ether oxygens (including phenoxy) is 6. The van der Waals surface area contributed by atoms with Crippen molar-refractivity contribution in [1.29, 1.82) is 0 Å². The molecule has 4 bridgehead atoms. The van der Waals surface area contributed by atoms with Gasteiger partial charge in [-0.2, -0.15) is 0 Å². The minimum atomic E-state index is -4.20. The summed E-state index contributed by atoms with van der Waals surface area (Å²) in [6.07, 6.45) is 2.24. The number of ketones is 1. The van der Waals surface area contributed by atoms with Crippen LogP contribution in [0, 0.1) is 37.5 Å². The monoisotopic (exact) mass is 1510 g/mol. The van der Waals surface area contributed by atoms with E-state index in [0.29, 0.717) is 41.1 Å². The van der Waals surface area contributed by atoms with E-state index in [2.05, 4.69) is 31.9 Å². The summed E-state index contributed by atoms with van der Waals surface area (Å²) in [6.45, 7) is 17.6.